The molecule has 0 radical (unpaired) electrons. The first-order chi connectivity index (χ1) is 16.8. The monoisotopic (exact) mass is 558 g/mol. The van der Waals surface area contributed by atoms with Crippen molar-refractivity contribution >= 4 is 15.9 Å². The smallest absolute Gasteiger partial charge is 0.157 e. The van der Waals surface area contributed by atoms with Gasteiger partial charge in [-0.1, -0.05) is 15.9 Å². The Bertz CT molecular complexity index is 437. The van der Waals surface area contributed by atoms with E-state index in [2.05, 4.69) is 15.9 Å². The second-order valence-corrected chi connectivity index (χ2v) is 8.56. The molecule has 34 heavy (non-hydrogen) atoms. The summed E-state index contributed by atoms with van der Waals surface area (Å²) in [5, 5.41) is 0.573. The minimum atomic E-state index is -0.613. The summed E-state index contributed by atoms with van der Waals surface area (Å²) >= 11 is 3.56. The Morgan fingerprint density at radius 3 is 1.68 bits per heavy atom. The Labute approximate surface area is 212 Å². The van der Waals surface area contributed by atoms with Crippen LogP contribution in [0.3, 0.4) is 0 Å². The average molecular weight is 559 g/mol. The third-order valence-corrected chi connectivity index (χ3v) is 6.16. The van der Waals surface area contributed by atoms with Crippen LogP contribution in [0.2, 0.25) is 0 Å². The first kappa shape index (κ1) is 30.3. The van der Waals surface area contributed by atoms with E-state index in [4.69, 9.17) is 47.4 Å². The number of rotatable bonds is 12. The average Bonchev–Trinajstić information content (AvgIpc) is 2.87. The topological polar surface area (TPSA) is 92.3 Å². The highest BCUT2D eigenvalue weighted by Crippen LogP contribution is 2.17. The van der Waals surface area contributed by atoms with Gasteiger partial charge in [-0.3, -0.25) is 0 Å². The number of ether oxygens (including phenoxy) is 10. The maximum atomic E-state index is 6.14. The van der Waals surface area contributed by atoms with Crippen molar-refractivity contribution in [3.8, 4) is 0 Å². The lowest BCUT2D eigenvalue weighted by molar-refractivity contribution is -0.169. The summed E-state index contributed by atoms with van der Waals surface area (Å²) in [7, 11) is 0. The molecule has 0 aliphatic carbocycles. The third kappa shape index (κ3) is 15.2. The largest absolute Gasteiger partial charge is 0.377 e. The van der Waals surface area contributed by atoms with E-state index in [1.54, 1.807) is 0 Å². The maximum absolute atomic E-state index is 6.14. The molecule has 2 rings (SSSR count). The molecule has 10 nitrogen and oxygen atoms in total. The molecule has 11 heteroatoms. The quantitative estimate of drug-likeness (QED) is 0.261. The Hall–Kier alpha value is 0.0800. The minimum absolute atomic E-state index is 0.0751. The molecular formula is C23H43BrO10. The van der Waals surface area contributed by atoms with E-state index in [-0.39, 0.29) is 6.29 Å². The van der Waals surface area contributed by atoms with Crippen LogP contribution < -0.4 is 0 Å². The summed E-state index contributed by atoms with van der Waals surface area (Å²) in [6, 6.07) is 0. The fraction of sp³-hybridized carbons (Fsp3) is 1.00. The third-order valence-electron chi connectivity index (χ3n) is 5.14. The highest BCUT2D eigenvalue weighted by Gasteiger charge is 2.31. The Balaban J connectivity index is 1.55. The van der Waals surface area contributed by atoms with Crippen LogP contribution in [0.25, 0.3) is 0 Å². The van der Waals surface area contributed by atoms with Crippen molar-refractivity contribution in [3.05, 3.63) is 0 Å². The van der Waals surface area contributed by atoms with Gasteiger partial charge in [0.25, 0.3) is 0 Å². The lowest BCUT2D eigenvalue weighted by atomic mass is 10.1. The highest BCUT2D eigenvalue weighted by atomic mass is 79.9. The van der Waals surface area contributed by atoms with Crippen LogP contribution in [0.5, 0.6) is 0 Å². The van der Waals surface area contributed by atoms with Gasteiger partial charge in [0, 0.05) is 11.9 Å². The Kier molecular flexibility index (Phi) is 18.9. The van der Waals surface area contributed by atoms with Crippen molar-refractivity contribution in [1.82, 2.24) is 0 Å². The molecule has 0 saturated carbocycles. The summed E-state index contributed by atoms with van der Waals surface area (Å²) in [6.07, 6.45) is 3.17. The lowest BCUT2D eigenvalue weighted by Crippen LogP contribution is -2.46. The molecule has 0 aromatic rings. The molecule has 2 fully saturated rings. The molecule has 0 amide bonds. The number of halogens is 1. The van der Waals surface area contributed by atoms with E-state index >= 15 is 0 Å². The lowest BCUT2D eigenvalue weighted by Gasteiger charge is -2.32. The second-order valence-electron chi connectivity index (χ2n) is 8.00. The van der Waals surface area contributed by atoms with Gasteiger partial charge in [-0.15, -0.1) is 0 Å². The zero-order chi connectivity index (χ0) is 24.0. The van der Waals surface area contributed by atoms with Crippen molar-refractivity contribution in [1.29, 1.82) is 0 Å². The van der Waals surface area contributed by atoms with Crippen LogP contribution in [0.4, 0.5) is 0 Å². The molecule has 202 valence electrons. The standard InChI is InChI=1S/C23H43BrO10/c24-19-23(20-30-13-11-26-7-5-25-6-8-27-12-14-31-21-23)34-18-16-29-10-9-28-15-17-33-22-3-1-2-4-32-22/h22H,1-21H2. The molecule has 1 unspecified atom stereocenters. The van der Waals surface area contributed by atoms with Crippen molar-refractivity contribution in [3.63, 3.8) is 0 Å². The van der Waals surface area contributed by atoms with E-state index in [0.29, 0.717) is 111 Å². The molecule has 2 aliphatic rings. The molecule has 0 N–H and O–H groups in total. The number of hydrogen-bond donors (Lipinski definition) is 0. The van der Waals surface area contributed by atoms with E-state index in [9.17, 15) is 0 Å². The fourth-order valence-electron chi connectivity index (χ4n) is 3.25. The molecule has 0 aromatic heterocycles. The van der Waals surface area contributed by atoms with Crippen molar-refractivity contribution in [2.24, 2.45) is 0 Å². The first-order valence-corrected chi connectivity index (χ1v) is 13.4. The van der Waals surface area contributed by atoms with Gasteiger partial charge in [0.1, 0.15) is 5.60 Å². The van der Waals surface area contributed by atoms with Gasteiger partial charge in [0.2, 0.25) is 0 Å². The predicted molar refractivity (Wildman–Crippen MR) is 128 cm³/mol. The van der Waals surface area contributed by atoms with Gasteiger partial charge in [-0.25, -0.2) is 0 Å². The number of alkyl halides is 1. The molecular weight excluding hydrogens is 516 g/mol. The molecule has 0 aromatic carbocycles. The Morgan fingerprint density at radius 1 is 0.618 bits per heavy atom. The summed E-state index contributed by atoms with van der Waals surface area (Å²) in [6.45, 7) is 8.61. The van der Waals surface area contributed by atoms with Crippen LogP contribution in [0.1, 0.15) is 19.3 Å². The van der Waals surface area contributed by atoms with E-state index in [1.165, 1.54) is 0 Å². The van der Waals surface area contributed by atoms with Crippen molar-refractivity contribution in [2.75, 3.05) is 118 Å². The molecule has 2 heterocycles. The maximum Gasteiger partial charge on any atom is 0.157 e. The van der Waals surface area contributed by atoms with E-state index in [1.807, 2.05) is 0 Å². The van der Waals surface area contributed by atoms with Crippen LogP contribution in [0.15, 0.2) is 0 Å². The van der Waals surface area contributed by atoms with Crippen molar-refractivity contribution < 1.29 is 47.4 Å². The second kappa shape index (κ2) is 21.2. The van der Waals surface area contributed by atoms with Crippen LogP contribution in [0, 0.1) is 0 Å². The normalized spacial score (nSPS) is 24.1. The van der Waals surface area contributed by atoms with Crippen LogP contribution in [-0.4, -0.2) is 130 Å². The van der Waals surface area contributed by atoms with Gasteiger partial charge >= 0.3 is 0 Å². The molecule has 2 aliphatic heterocycles. The summed E-state index contributed by atoms with van der Waals surface area (Å²) in [4.78, 5) is 0. The van der Waals surface area contributed by atoms with Gasteiger partial charge in [-0.05, 0) is 19.3 Å². The van der Waals surface area contributed by atoms with Gasteiger partial charge in [0.15, 0.2) is 6.29 Å². The first-order valence-electron chi connectivity index (χ1n) is 12.3. The molecule has 1 atom stereocenters. The molecule has 0 spiro atoms. The van der Waals surface area contributed by atoms with Gasteiger partial charge in [-0.2, -0.15) is 0 Å². The van der Waals surface area contributed by atoms with Crippen LogP contribution in [-0.2, 0) is 47.4 Å². The van der Waals surface area contributed by atoms with Crippen molar-refractivity contribution in [2.45, 2.75) is 31.2 Å². The van der Waals surface area contributed by atoms with Gasteiger partial charge < -0.3 is 47.4 Å². The summed E-state index contributed by atoms with van der Waals surface area (Å²) in [5.74, 6) is 0. The SMILES string of the molecule is BrCC1(OCCOCCOCCOC2CCCCO2)COCCOCCOCCOCCOC1. The van der Waals surface area contributed by atoms with Crippen LogP contribution >= 0.6 is 15.9 Å². The zero-order valence-electron chi connectivity index (χ0n) is 20.4. The fourth-order valence-corrected chi connectivity index (χ4v) is 3.74. The predicted octanol–water partition coefficient (Wildman–Crippen LogP) is 1.81. The highest BCUT2D eigenvalue weighted by molar-refractivity contribution is 9.09. The minimum Gasteiger partial charge on any atom is -0.377 e. The number of hydrogen-bond acceptors (Lipinski definition) is 10. The summed E-state index contributed by atoms with van der Waals surface area (Å²) < 4.78 is 56.5. The molecule has 0 bridgehead atoms. The van der Waals surface area contributed by atoms with E-state index < -0.39 is 5.60 Å². The zero-order valence-corrected chi connectivity index (χ0v) is 22.0. The summed E-state index contributed by atoms with van der Waals surface area (Å²) in [5.41, 5.74) is -0.613. The van der Waals surface area contributed by atoms with E-state index in [0.717, 1.165) is 25.9 Å². The Morgan fingerprint density at radius 2 is 1.15 bits per heavy atom. The molecule has 2 saturated heterocycles. The van der Waals surface area contributed by atoms with Gasteiger partial charge in [0.05, 0.1) is 106 Å².